The standard InChI is InChI=1S/C20H33N5O2/c1-5-24-10-12-25(13-11-24)18-8-6-17(7-9-18)22-20(27)15-23(4)14-19(26)21-16(2)3/h6-9,16H,5,10-15H2,1-4H3,(H,21,26)(H,22,27). The number of likely N-dealkylation sites (N-methyl/N-ethyl adjacent to an activating group) is 2. The Morgan fingerprint density at radius 3 is 2.19 bits per heavy atom. The third-order valence-corrected chi connectivity index (χ3v) is 4.61. The largest absolute Gasteiger partial charge is 0.369 e. The third-order valence-electron chi connectivity index (χ3n) is 4.61. The van der Waals surface area contributed by atoms with E-state index in [2.05, 4.69) is 39.5 Å². The topological polar surface area (TPSA) is 67.9 Å². The first-order valence-corrected chi connectivity index (χ1v) is 9.72. The van der Waals surface area contributed by atoms with Gasteiger partial charge in [0.15, 0.2) is 0 Å². The average Bonchev–Trinajstić information content (AvgIpc) is 2.61. The lowest BCUT2D eigenvalue weighted by molar-refractivity contribution is -0.123. The summed E-state index contributed by atoms with van der Waals surface area (Å²) < 4.78 is 0. The van der Waals surface area contributed by atoms with E-state index in [0.717, 1.165) is 38.4 Å². The maximum atomic E-state index is 12.2. The number of rotatable bonds is 8. The Kier molecular flexibility index (Phi) is 8.06. The Bertz CT molecular complexity index is 609. The minimum Gasteiger partial charge on any atom is -0.369 e. The molecule has 0 aromatic heterocycles. The summed E-state index contributed by atoms with van der Waals surface area (Å²) in [6.07, 6.45) is 0. The highest BCUT2D eigenvalue weighted by molar-refractivity contribution is 5.92. The van der Waals surface area contributed by atoms with Crippen LogP contribution in [-0.2, 0) is 9.59 Å². The van der Waals surface area contributed by atoms with Gasteiger partial charge in [-0.1, -0.05) is 6.92 Å². The summed E-state index contributed by atoms with van der Waals surface area (Å²) in [4.78, 5) is 30.4. The van der Waals surface area contributed by atoms with Gasteiger partial charge in [-0.3, -0.25) is 14.5 Å². The van der Waals surface area contributed by atoms with Crippen LogP contribution < -0.4 is 15.5 Å². The van der Waals surface area contributed by atoms with Crippen LogP contribution in [0.1, 0.15) is 20.8 Å². The van der Waals surface area contributed by atoms with Crippen molar-refractivity contribution >= 4 is 23.2 Å². The van der Waals surface area contributed by atoms with Gasteiger partial charge >= 0.3 is 0 Å². The quantitative estimate of drug-likeness (QED) is 0.715. The number of carbonyl (C=O) groups excluding carboxylic acids is 2. The van der Waals surface area contributed by atoms with Crippen LogP contribution in [0.3, 0.4) is 0 Å². The van der Waals surface area contributed by atoms with Crippen molar-refractivity contribution in [1.29, 1.82) is 0 Å². The fourth-order valence-corrected chi connectivity index (χ4v) is 3.19. The average molecular weight is 376 g/mol. The van der Waals surface area contributed by atoms with Gasteiger partial charge in [-0.05, 0) is 51.7 Å². The monoisotopic (exact) mass is 375 g/mol. The zero-order valence-electron chi connectivity index (χ0n) is 17.0. The van der Waals surface area contributed by atoms with Gasteiger partial charge in [-0.2, -0.15) is 0 Å². The van der Waals surface area contributed by atoms with Crippen LogP contribution in [0.5, 0.6) is 0 Å². The number of hydrogen-bond donors (Lipinski definition) is 2. The summed E-state index contributed by atoms with van der Waals surface area (Å²) in [6.45, 7) is 11.7. The Hall–Kier alpha value is -2.12. The number of piperazine rings is 1. The molecule has 0 saturated carbocycles. The molecule has 0 atom stereocenters. The van der Waals surface area contributed by atoms with E-state index in [1.54, 1.807) is 11.9 Å². The number of amides is 2. The number of benzene rings is 1. The molecule has 7 heteroatoms. The lowest BCUT2D eigenvalue weighted by Crippen LogP contribution is -2.46. The summed E-state index contributed by atoms with van der Waals surface area (Å²) in [5.74, 6) is -0.202. The molecular formula is C20H33N5O2. The Labute approximate surface area is 162 Å². The molecule has 2 N–H and O–H groups in total. The molecule has 0 radical (unpaired) electrons. The van der Waals surface area contributed by atoms with E-state index in [4.69, 9.17) is 0 Å². The Balaban J connectivity index is 1.78. The van der Waals surface area contributed by atoms with Crippen LogP contribution >= 0.6 is 0 Å². The number of carbonyl (C=O) groups is 2. The molecule has 1 aliphatic heterocycles. The normalized spacial score (nSPS) is 15.3. The van der Waals surface area contributed by atoms with Crippen LogP contribution in [0.4, 0.5) is 11.4 Å². The minimum atomic E-state index is -0.126. The van der Waals surface area contributed by atoms with Crippen LogP contribution in [0.25, 0.3) is 0 Å². The molecule has 1 fully saturated rings. The van der Waals surface area contributed by atoms with E-state index >= 15 is 0 Å². The highest BCUT2D eigenvalue weighted by atomic mass is 16.2. The predicted molar refractivity (Wildman–Crippen MR) is 110 cm³/mol. The summed E-state index contributed by atoms with van der Waals surface area (Å²) in [6, 6.07) is 8.08. The Morgan fingerprint density at radius 1 is 1.04 bits per heavy atom. The molecule has 1 aromatic carbocycles. The Morgan fingerprint density at radius 2 is 1.63 bits per heavy atom. The maximum absolute atomic E-state index is 12.2. The number of hydrogen-bond acceptors (Lipinski definition) is 5. The first-order valence-electron chi connectivity index (χ1n) is 9.72. The van der Waals surface area contributed by atoms with Crippen molar-refractivity contribution in [3.63, 3.8) is 0 Å². The van der Waals surface area contributed by atoms with Crippen molar-refractivity contribution in [2.24, 2.45) is 0 Å². The van der Waals surface area contributed by atoms with Crippen molar-refractivity contribution < 1.29 is 9.59 Å². The van der Waals surface area contributed by atoms with Gasteiger partial charge < -0.3 is 20.4 Å². The molecule has 0 aliphatic carbocycles. The van der Waals surface area contributed by atoms with Crippen molar-refractivity contribution in [2.45, 2.75) is 26.8 Å². The van der Waals surface area contributed by atoms with Crippen LogP contribution in [0.15, 0.2) is 24.3 Å². The van der Waals surface area contributed by atoms with Crippen molar-refractivity contribution in [3.05, 3.63) is 24.3 Å². The molecular weight excluding hydrogens is 342 g/mol. The van der Waals surface area contributed by atoms with Crippen molar-refractivity contribution in [3.8, 4) is 0 Å². The highest BCUT2D eigenvalue weighted by Crippen LogP contribution is 2.19. The molecule has 7 nitrogen and oxygen atoms in total. The number of nitrogens with zero attached hydrogens (tertiary/aromatic N) is 3. The van der Waals surface area contributed by atoms with Gasteiger partial charge in [0.2, 0.25) is 11.8 Å². The summed E-state index contributed by atoms with van der Waals surface area (Å²) >= 11 is 0. The van der Waals surface area contributed by atoms with Gasteiger partial charge in [0, 0.05) is 43.6 Å². The second kappa shape index (κ2) is 10.3. The number of anilines is 2. The molecule has 1 aliphatic rings. The molecule has 1 aromatic rings. The van der Waals surface area contributed by atoms with Gasteiger partial charge in [0.1, 0.15) is 0 Å². The predicted octanol–water partition coefficient (Wildman–Crippen LogP) is 1.22. The van der Waals surface area contributed by atoms with Crippen molar-refractivity contribution in [1.82, 2.24) is 15.1 Å². The summed E-state index contributed by atoms with van der Waals surface area (Å²) in [7, 11) is 1.76. The second-order valence-corrected chi connectivity index (χ2v) is 7.41. The molecule has 0 unspecified atom stereocenters. The highest BCUT2D eigenvalue weighted by Gasteiger charge is 2.16. The lowest BCUT2D eigenvalue weighted by atomic mass is 10.2. The maximum Gasteiger partial charge on any atom is 0.238 e. The van der Waals surface area contributed by atoms with Crippen molar-refractivity contribution in [2.75, 3.05) is 63.1 Å². The molecule has 2 amide bonds. The van der Waals surface area contributed by atoms with Crippen LogP contribution in [0, 0.1) is 0 Å². The van der Waals surface area contributed by atoms with Gasteiger partial charge in [-0.15, -0.1) is 0 Å². The zero-order chi connectivity index (χ0) is 19.8. The van der Waals surface area contributed by atoms with Gasteiger partial charge in [-0.25, -0.2) is 0 Å². The van der Waals surface area contributed by atoms with Crippen LogP contribution in [-0.4, -0.2) is 80.5 Å². The molecule has 27 heavy (non-hydrogen) atoms. The lowest BCUT2D eigenvalue weighted by Gasteiger charge is -2.35. The van der Waals surface area contributed by atoms with Crippen LogP contribution in [0.2, 0.25) is 0 Å². The molecule has 0 spiro atoms. The molecule has 1 heterocycles. The smallest absolute Gasteiger partial charge is 0.238 e. The van der Waals surface area contributed by atoms with E-state index < -0.39 is 0 Å². The van der Waals surface area contributed by atoms with E-state index in [1.807, 2.05) is 26.0 Å². The fourth-order valence-electron chi connectivity index (χ4n) is 3.19. The molecule has 1 saturated heterocycles. The first-order chi connectivity index (χ1) is 12.9. The number of nitrogens with one attached hydrogen (secondary N) is 2. The zero-order valence-corrected chi connectivity index (χ0v) is 17.0. The second-order valence-electron chi connectivity index (χ2n) is 7.41. The van der Waals surface area contributed by atoms with E-state index in [-0.39, 0.29) is 30.9 Å². The fraction of sp³-hybridized carbons (Fsp3) is 0.600. The summed E-state index contributed by atoms with van der Waals surface area (Å²) in [5.41, 5.74) is 1.96. The SMILES string of the molecule is CCN1CCN(c2ccc(NC(=O)CN(C)CC(=O)NC(C)C)cc2)CC1. The summed E-state index contributed by atoms with van der Waals surface area (Å²) in [5, 5.41) is 5.71. The molecule has 0 bridgehead atoms. The van der Waals surface area contributed by atoms with Gasteiger partial charge in [0.05, 0.1) is 13.1 Å². The van der Waals surface area contributed by atoms with E-state index in [9.17, 15) is 9.59 Å². The third kappa shape index (κ3) is 7.19. The van der Waals surface area contributed by atoms with E-state index in [1.165, 1.54) is 5.69 Å². The minimum absolute atomic E-state index is 0.0761. The first kappa shape index (κ1) is 21.2. The van der Waals surface area contributed by atoms with E-state index in [0.29, 0.717) is 0 Å². The molecule has 2 rings (SSSR count). The van der Waals surface area contributed by atoms with Gasteiger partial charge in [0.25, 0.3) is 0 Å². The molecule has 150 valence electrons.